The lowest BCUT2D eigenvalue weighted by molar-refractivity contribution is -0.110. The number of H-pyrrole nitrogens is 1. The number of aromatic nitrogens is 1. The molecule has 0 aliphatic carbocycles. The van der Waals surface area contributed by atoms with E-state index in [4.69, 9.17) is 0 Å². The first-order chi connectivity index (χ1) is 17.3. The molecule has 0 fully saturated rings. The van der Waals surface area contributed by atoms with Crippen LogP contribution in [0.2, 0.25) is 0 Å². The van der Waals surface area contributed by atoms with Crippen LogP contribution in [0.4, 0.5) is 42.0 Å². The van der Waals surface area contributed by atoms with Crippen LogP contribution in [0.25, 0.3) is 11.6 Å². The lowest BCUT2D eigenvalue weighted by Gasteiger charge is -2.14. The average molecular weight is 485 g/mol. The second kappa shape index (κ2) is 9.38. The Balaban J connectivity index is 1.31. The summed E-state index contributed by atoms with van der Waals surface area (Å²) in [5.74, 6) is -1.75. The molecule has 0 saturated carbocycles. The molecule has 5 N–H and O–H groups in total. The van der Waals surface area contributed by atoms with Crippen LogP contribution in [0.5, 0.6) is 0 Å². The third-order valence-electron chi connectivity index (χ3n) is 5.62. The maximum atomic E-state index is 13.4. The van der Waals surface area contributed by atoms with Gasteiger partial charge in [-0.25, -0.2) is 13.6 Å². The van der Waals surface area contributed by atoms with E-state index in [1.165, 1.54) is 0 Å². The molecule has 7 nitrogen and oxygen atoms in total. The van der Waals surface area contributed by atoms with Gasteiger partial charge in [-0.05, 0) is 67.1 Å². The van der Waals surface area contributed by atoms with Gasteiger partial charge in [0.25, 0.3) is 5.91 Å². The zero-order valence-corrected chi connectivity index (χ0v) is 19.1. The van der Waals surface area contributed by atoms with Gasteiger partial charge in [0.05, 0.1) is 11.3 Å². The fraction of sp³-hybridized carbons (Fsp3) is 0.0370. The SMILES string of the molecule is Cc1ccc(NC(=O)Nc2cc(F)cc(F)c2)cc1Nc1ccc2c(c1)NC(=O)/C2=C/c1ccc[nH]1. The number of carbonyl (C=O) groups excluding carboxylic acids is 2. The van der Waals surface area contributed by atoms with Gasteiger partial charge in [-0.1, -0.05) is 12.1 Å². The topological polar surface area (TPSA) is 98.0 Å². The summed E-state index contributed by atoms with van der Waals surface area (Å²) in [7, 11) is 0. The minimum Gasteiger partial charge on any atom is -0.362 e. The Morgan fingerprint density at radius 1 is 0.889 bits per heavy atom. The highest BCUT2D eigenvalue weighted by Crippen LogP contribution is 2.36. The zero-order chi connectivity index (χ0) is 25.2. The Hall–Kier alpha value is -4.92. The number of halogens is 2. The van der Waals surface area contributed by atoms with Crippen LogP contribution in [-0.2, 0) is 4.79 Å². The molecular formula is C27H21F2N5O2. The van der Waals surface area contributed by atoms with Crippen LogP contribution in [0.1, 0.15) is 16.8 Å². The van der Waals surface area contributed by atoms with Crippen molar-refractivity contribution < 1.29 is 18.4 Å². The molecule has 0 atom stereocenters. The van der Waals surface area contributed by atoms with Crippen molar-refractivity contribution in [1.82, 2.24) is 4.98 Å². The standard InChI is InChI=1S/C27H21F2N5O2/c1-15-4-5-20(32-27(36)33-21-10-16(28)9-17(29)11-21)13-24(15)31-19-6-7-22-23(12-18-3-2-8-30-18)26(35)34-25(22)14-19/h2-14,30-31H,1H3,(H,34,35)(H2,32,33,36)/b23-12+. The second-order valence-electron chi connectivity index (χ2n) is 8.29. The number of aryl methyl sites for hydroxylation is 1. The minimum absolute atomic E-state index is 0.000309. The largest absolute Gasteiger partial charge is 0.362 e. The monoisotopic (exact) mass is 485 g/mol. The number of fused-ring (bicyclic) bond motifs is 1. The molecule has 0 bridgehead atoms. The molecule has 9 heteroatoms. The average Bonchev–Trinajstić information content (AvgIpc) is 3.43. The summed E-state index contributed by atoms with van der Waals surface area (Å²) in [6, 6.07) is 16.7. The highest BCUT2D eigenvalue weighted by molar-refractivity contribution is 6.35. The van der Waals surface area contributed by atoms with Gasteiger partial charge in [0, 0.05) is 46.3 Å². The van der Waals surface area contributed by atoms with Gasteiger partial charge in [-0.2, -0.15) is 0 Å². The number of rotatable bonds is 5. The molecule has 1 aliphatic rings. The Kier molecular flexibility index (Phi) is 5.95. The molecule has 0 spiro atoms. The van der Waals surface area contributed by atoms with Crippen LogP contribution in [0, 0.1) is 18.6 Å². The van der Waals surface area contributed by atoms with Gasteiger partial charge in [0.2, 0.25) is 0 Å². The van der Waals surface area contributed by atoms with Crippen LogP contribution >= 0.6 is 0 Å². The number of amides is 3. The number of benzene rings is 3. The van der Waals surface area contributed by atoms with Gasteiger partial charge >= 0.3 is 6.03 Å². The summed E-state index contributed by atoms with van der Waals surface area (Å²) in [5, 5.41) is 11.3. The minimum atomic E-state index is -0.787. The van der Waals surface area contributed by atoms with E-state index in [9.17, 15) is 18.4 Å². The van der Waals surface area contributed by atoms with E-state index in [2.05, 4.69) is 26.3 Å². The molecule has 5 rings (SSSR count). The van der Waals surface area contributed by atoms with Crippen LogP contribution in [-0.4, -0.2) is 16.9 Å². The predicted molar refractivity (Wildman–Crippen MR) is 137 cm³/mol. The Morgan fingerprint density at radius 3 is 2.39 bits per heavy atom. The summed E-state index contributed by atoms with van der Waals surface area (Å²) in [6.45, 7) is 1.91. The molecular weight excluding hydrogens is 464 g/mol. The molecule has 3 amide bonds. The van der Waals surface area contributed by atoms with Crippen LogP contribution in [0.15, 0.2) is 72.9 Å². The fourth-order valence-corrected chi connectivity index (χ4v) is 3.91. The fourth-order valence-electron chi connectivity index (χ4n) is 3.91. The number of nitrogens with one attached hydrogen (secondary N) is 5. The zero-order valence-electron chi connectivity index (χ0n) is 19.1. The summed E-state index contributed by atoms with van der Waals surface area (Å²) in [5.41, 5.74) is 5.78. The first-order valence-corrected chi connectivity index (χ1v) is 11.1. The second-order valence-corrected chi connectivity index (χ2v) is 8.29. The van der Waals surface area contributed by atoms with E-state index in [1.807, 2.05) is 43.3 Å². The molecule has 36 heavy (non-hydrogen) atoms. The Morgan fingerprint density at radius 2 is 1.64 bits per heavy atom. The highest BCUT2D eigenvalue weighted by atomic mass is 19.1. The first kappa shape index (κ1) is 22.9. The molecule has 0 saturated heterocycles. The van der Waals surface area contributed by atoms with Crippen molar-refractivity contribution in [3.05, 3.63) is 101 Å². The predicted octanol–water partition coefficient (Wildman–Crippen LogP) is 6.48. The molecule has 4 aromatic rings. The quantitative estimate of drug-likeness (QED) is 0.209. The van der Waals surface area contributed by atoms with Gasteiger partial charge in [-0.15, -0.1) is 0 Å². The van der Waals surface area contributed by atoms with Crippen molar-refractivity contribution in [3.8, 4) is 0 Å². The van der Waals surface area contributed by atoms with Crippen molar-refractivity contribution >= 4 is 52.0 Å². The summed E-state index contributed by atoms with van der Waals surface area (Å²) < 4.78 is 26.7. The van der Waals surface area contributed by atoms with Crippen LogP contribution in [0.3, 0.4) is 0 Å². The van der Waals surface area contributed by atoms with Crippen molar-refractivity contribution in [3.63, 3.8) is 0 Å². The maximum Gasteiger partial charge on any atom is 0.323 e. The Bertz CT molecular complexity index is 1490. The number of hydrogen-bond acceptors (Lipinski definition) is 3. The first-order valence-electron chi connectivity index (χ1n) is 11.1. The lowest BCUT2D eigenvalue weighted by atomic mass is 10.1. The van der Waals surface area contributed by atoms with Gasteiger partial charge < -0.3 is 26.3 Å². The van der Waals surface area contributed by atoms with E-state index >= 15 is 0 Å². The number of urea groups is 1. The molecule has 3 aromatic carbocycles. The van der Waals surface area contributed by atoms with Gasteiger partial charge in [0.1, 0.15) is 11.6 Å². The molecule has 1 aromatic heterocycles. The molecule has 0 unspecified atom stereocenters. The number of carbonyl (C=O) groups is 2. The third kappa shape index (κ3) is 4.95. The van der Waals surface area contributed by atoms with E-state index in [0.29, 0.717) is 16.9 Å². The molecule has 0 radical (unpaired) electrons. The summed E-state index contributed by atoms with van der Waals surface area (Å²) >= 11 is 0. The normalized spacial score (nSPS) is 13.3. The maximum absolute atomic E-state index is 13.4. The Labute approximate surface area is 205 Å². The lowest BCUT2D eigenvalue weighted by Crippen LogP contribution is -2.19. The van der Waals surface area contributed by atoms with E-state index in [0.717, 1.165) is 46.4 Å². The summed E-state index contributed by atoms with van der Waals surface area (Å²) in [6.07, 6.45) is 3.60. The highest BCUT2D eigenvalue weighted by Gasteiger charge is 2.24. The van der Waals surface area contributed by atoms with E-state index < -0.39 is 17.7 Å². The van der Waals surface area contributed by atoms with Gasteiger partial charge in [0.15, 0.2) is 0 Å². The molecule has 180 valence electrons. The van der Waals surface area contributed by atoms with Crippen molar-refractivity contribution in [2.24, 2.45) is 0 Å². The van der Waals surface area contributed by atoms with Crippen molar-refractivity contribution in [1.29, 1.82) is 0 Å². The molecule has 2 heterocycles. The van der Waals surface area contributed by atoms with Gasteiger partial charge in [-0.3, -0.25) is 4.79 Å². The number of hydrogen-bond donors (Lipinski definition) is 5. The van der Waals surface area contributed by atoms with E-state index in [-0.39, 0.29) is 11.6 Å². The number of aromatic amines is 1. The third-order valence-corrected chi connectivity index (χ3v) is 5.62. The summed E-state index contributed by atoms with van der Waals surface area (Å²) in [4.78, 5) is 27.9. The smallest absolute Gasteiger partial charge is 0.323 e. The molecule has 1 aliphatic heterocycles. The van der Waals surface area contributed by atoms with Crippen molar-refractivity contribution in [2.45, 2.75) is 6.92 Å². The van der Waals surface area contributed by atoms with E-state index in [1.54, 1.807) is 24.4 Å². The van der Waals surface area contributed by atoms with Crippen molar-refractivity contribution in [2.75, 3.05) is 21.3 Å². The van der Waals surface area contributed by atoms with Crippen LogP contribution < -0.4 is 21.3 Å². The number of anilines is 5.